The van der Waals surface area contributed by atoms with Crippen molar-refractivity contribution in [2.24, 2.45) is 0 Å². The van der Waals surface area contributed by atoms with Crippen molar-refractivity contribution < 1.29 is 9.16 Å². The maximum atomic E-state index is 12.6. The van der Waals surface area contributed by atoms with Crippen molar-refractivity contribution in [2.75, 3.05) is 13.2 Å². The van der Waals surface area contributed by atoms with E-state index < -0.39 is 8.32 Å². The summed E-state index contributed by atoms with van der Waals surface area (Å²) in [4.78, 5) is 15.4. The van der Waals surface area contributed by atoms with Gasteiger partial charge in [-0.3, -0.25) is 0 Å². The Morgan fingerprint density at radius 3 is 2.29 bits per heavy atom. The summed E-state index contributed by atoms with van der Waals surface area (Å²) < 4.78 is 16.7. The molecule has 0 saturated heterocycles. The fourth-order valence-electron chi connectivity index (χ4n) is 2.97. The van der Waals surface area contributed by atoms with E-state index in [2.05, 4.69) is 70.9 Å². The van der Waals surface area contributed by atoms with Gasteiger partial charge < -0.3 is 0 Å². The average molecular weight is 528 g/mol. The molecule has 0 aliphatic carbocycles. The van der Waals surface area contributed by atoms with Gasteiger partial charge in [0.25, 0.3) is 0 Å². The number of aryl methyl sites for hydroxylation is 2. The molecule has 2 aromatic rings. The molecular weight excluding hydrogens is 491 g/mol. The molecule has 0 unspecified atom stereocenters. The summed E-state index contributed by atoms with van der Waals surface area (Å²) in [6.07, 6.45) is 0.654. The molecule has 1 aromatic heterocycles. The summed E-state index contributed by atoms with van der Waals surface area (Å²) in [5, 5.41) is 0.173. The Hall–Kier alpha value is -1.02. The van der Waals surface area contributed by atoms with Crippen molar-refractivity contribution in [3.63, 3.8) is 0 Å². The van der Waals surface area contributed by atoms with Crippen LogP contribution < -0.4 is 14.6 Å². The molecule has 0 bridgehead atoms. The zero-order chi connectivity index (χ0) is 23.4. The molecular formula is C23H36N2O3SSeSi. The minimum atomic E-state index is -1.79. The van der Waals surface area contributed by atoms with Gasteiger partial charge in [-0.2, -0.15) is 0 Å². The van der Waals surface area contributed by atoms with E-state index in [4.69, 9.17) is 21.4 Å². The number of nitrogens with zero attached hydrogens (tertiary/aromatic N) is 1. The van der Waals surface area contributed by atoms with Crippen LogP contribution in [0.25, 0.3) is 0 Å². The zero-order valence-corrected chi connectivity index (χ0v) is 23.6. The van der Waals surface area contributed by atoms with Crippen molar-refractivity contribution in [1.29, 1.82) is 0 Å². The van der Waals surface area contributed by atoms with E-state index in [1.165, 1.54) is 15.6 Å². The van der Waals surface area contributed by atoms with Crippen LogP contribution in [0.1, 0.15) is 44.4 Å². The van der Waals surface area contributed by atoms with Gasteiger partial charge in [-0.25, -0.2) is 0 Å². The molecule has 0 spiro atoms. The Balaban J connectivity index is 2.21. The van der Waals surface area contributed by atoms with Crippen molar-refractivity contribution in [2.45, 2.75) is 72.8 Å². The van der Waals surface area contributed by atoms with Crippen LogP contribution in [0.2, 0.25) is 18.1 Å². The topological polar surface area (TPSA) is 56.2 Å². The zero-order valence-electron chi connectivity index (χ0n) is 20.0. The fraction of sp³-hybridized carbons (Fsp3) is 0.565. The standard InChI is InChI=1S/C23H36N2O3SSeSi/c1-9-19-20(26)24-22(29)25(15-27-10-11-28-31(7,8)23(4,5)6)21(19)30-18-13-16(2)12-17(3)14-18/h12-14H,9-11,15H2,1-8H3,(H,24,26,29). The number of benzene rings is 1. The van der Waals surface area contributed by atoms with Crippen molar-refractivity contribution in [3.8, 4) is 0 Å². The second-order valence-electron chi connectivity index (χ2n) is 9.40. The molecule has 0 radical (unpaired) electrons. The van der Waals surface area contributed by atoms with Crippen LogP contribution in [0.4, 0.5) is 0 Å². The summed E-state index contributed by atoms with van der Waals surface area (Å²) in [6, 6.07) is 6.54. The second-order valence-corrected chi connectivity index (χ2v) is 16.8. The van der Waals surface area contributed by atoms with Gasteiger partial charge in [0, 0.05) is 0 Å². The number of aromatic nitrogens is 2. The molecule has 172 valence electrons. The molecule has 1 heterocycles. The third kappa shape index (κ3) is 6.98. The number of aromatic amines is 1. The van der Waals surface area contributed by atoms with Gasteiger partial charge in [0.15, 0.2) is 0 Å². The third-order valence-corrected chi connectivity index (χ3v) is 13.0. The Morgan fingerprint density at radius 1 is 1.13 bits per heavy atom. The van der Waals surface area contributed by atoms with E-state index in [1.807, 2.05) is 11.5 Å². The van der Waals surface area contributed by atoms with Crippen LogP contribution in [0.5, 0.6) is 0 Å². The first-order valence-corrected chi connectivity index (χ1v) is 15.7. The summed E-state index contributed by atoms with van der Waals surface area (Å²) in [5.74, 6) is 0. The van der Waals surface area contributed by atoms with Gasteiger partial charge in [-0.05, 0) is 0 Å². The van der Waals surface area contributed by atoms with Crippen LogP contribution in [0, 0.1) is 18.6 Å². The van der Waals surface area contributed by atoms with Crippen LogP contribution in [0.15, 0.2) is 23.0 Å². The van der Waals surface area contributed by atoms with E-state index in [0.717, 1.165) is 10.2 Å². The van der Waals surface area contributed by atoms with Crippen LogP contribution in [-0.4, -0.2) is 46.0 Å². The predicted molar refractivity (Wildman–Crippen MR) is 135 cm³/mol. The van der Waals surface area contributed by atoms with Crippen LogP contribution in [0.3, 0.4) is 0 Å². The molecule has 5 nitrogen and oxygen atoms in total. The molecule has 1 aromatic carbocycles. The van der Waals surface area contributed by atoms with Crippen molar-refractivity contribution in [3.05, 3.63) is 50.0 Å². The van der Waals surface area contributed by atoms with Gasteiger partial charge in [0.05, 0.1) is 0 Å². The molecule has 1 N–H and O–H groups in total. The average Bonchev–Trinajstić information content (AvgIpc) is 2.61. The third-order valence-electron chi connectivity index (χ3n) is 5.72. The monoisotopic (exact) mass is 528 g/mol. The molecule has 0 saturated carbocycles. The van der Waals surface area contributed by atoms with Gasteiger partial charge in [-0.1, -0.05) is 0 Å². The molecule has 0 aliphatic heterocycles. The first-order chi connectivity index (χ1) is 14.4. The Bertz CT molecular complexity index is 1000. The first kappa shape index (κ1) is 26.2. The van der Waals surface area contributed by atoms with E-state index in [-0.39, 0.29) is 25.6 Å². The molecule has 0 fully saturated rings. The molecule has 0 amide bonds. The van der Waals surface area contributed by atoms with Gasteiger partial charge in [-0.15, -0.1) is 0 Å². The summed E-state index contributed by atoms with van der Waals surface area (Å²) >= 11 is 5.45. The number of nitrogens with one attached hydrogen (secondary N) is 1. The minimum absolute atomic E-state index is 0.0507. The van der Waals surface area contributed by atoms with E-state index in [0.29, 0.717) is 31.1 Å². The van der Waals surface area contributed by atoms with E-state index in [1.54, 1.807) is 0 Å². The van der Waals surface area contributed by atoms with E-state index >= 15 is 0 Å². The quantitative estimate of drug-likeness (QED) is 0.307. The number of hydrogen-bond acceptors (Lipinski definition) is 4. The summed E-state index contributed by atoms with van der Waals surface area (Å²) in [7, 11) is -1.79. The Kier molecular flexibility index (Phi) is 9.08. The summed E-state index contributed by atoms with van der Waals surface area (Å²) in [5.41, 5.74) is 3.15. The number of rotatable bonds is 9. The normalized spacial score (nSPS) is 12.4. The van der Waals surface area contributed by atoms with Crippen LogP contribution in [-0.2, 0) is 22.3 Å². The Labute approximate surface area is 198 Å². The molecule has 2 rings (SSSR count). The van der Waals surface area contributed by atoms with Crippen molar-refractivity contribution >= 4 is 44.5 Å². The van der Waals surface area contributed by atoms with E-state index in [9.17, 15) is 4.79 Å². The number of ether oxygens (including phenoxy) is 1. The SMILES string of the molecule is CCc1c([Se]c2cc(C)cc(C)c2)n(COCCO[Si](C)(C)C(C)(C)C)c(=S)[nH]c1=O. The second kappa shape index (κ2) is 10.7. The van der Waals surface area contributed by atoms with Gasteiger partial charge in [0.2, 0.25) is 0 Å². The number of hydrogen-bond donors (Lipinski definition) is 1. The molecule has 0 atom stereocenters. The Morgan fingerprint density at radius 2 is 1.74 bits per heavy atom. The van der Waals surface area contributed by atoms with Crippen molar-refractivity contribution in [1.82, 2.24) is 9.55 Å². The van der Waals surface area contributed by atoms with Gasteiger partial charge >= 0.3 is 199 Å². The first-order valence-electron chi connectivity index (χ1n) is 10.7. The predicted octanol–water partition coefficient (Wildman–Crippen LogP) is 3.74. The maximum absolute atomic E-state index is 12.6. The molecule has 0 aliphatic rings. The molecule has 31 heavy (non-hydrogen) atoms. The fourth-order valence-corrected chi connectivity index (χ4v) is 7.15. The summed E-state index contributed by atoms with van der Waals surface area (Å²) in [6.45, 7) is 18.7. The van der Waals surface area contributed by atoms with Gasteiger partial charge in [0.1, 0.15) is 0 Å². The molecule has 8 heteroatoms. The van der Waals surface area contributed by atoms with Crippen LogP contribution >= 0.6 is 12.2 Å². The number of H-pyrrole nitrogens is 1.